The average molecular weight is 447 g/mol. The monoisotopic (exact) mass is 446 g/mol. The van der Waals surface area contributed by atoms with Crippen molar-refractivity contribution in [1.82, 2.24) is 4.90 Å². The summed E-state index contributed by atoms with van der Waals surface area (Å²) in [5.74, 6) is -0.735. The van der Waals surface area contributed by atoms with Crippen LogP contribution in [0.25, 0.3) is 11.1 Å². The maximum Gasteiger partial charge on any atom is 0.411 e. The van der Waals surface area contributed by atoms with Gasteiger partial charge in [-0.1, -0.05) is 30.3 Å². The number of nitrogens with zero attached hydrogens (tertiary/aromatic N) is 1. The Hall–Kier alpha value is -3.19. The summed E-state index contributed by atoms with van der Waals surface area (Å²) >= 11 is 0. The van der Waals surface area contributed by atoms with Gasteiger partial charge >= 0.3 is 6.09 Å². The van der Waals surface area contributed by atoms with Gasteiger partial charge in [-0.25, -0.2) is 4.79 Å². The van der Waals surface area contributed by atoms with E-state index in [0.29, 0.717) is 25.1 Å². The second-order valence-corrected chi connectivity index (χ2v) is 9.34. The van der Waals surface area contributed by atoms with Crippen LogP contribution in [-0.2, 0) is 25.5 Å². The van der Waals surface area contributed by atoms with E-state index in [-0.39, 0.29) is 42.5 Å². The highest BCUT2D eigenvalue weighted by molar-refractivity contribution is 6.06. The molecule has 2 aromatic carbocycles. The number of unbranched alkanes of at least 4 members (excludes halogenated alkanes) is 1. The van der Waals surface area contributed by atoms with E-state index in [2.05, 4.69) is 17.4 Å². The molecule has 3 amide bonds. The van der Waals surface area contributed by atoms with Crippen LogP contribution in [-0.4, -0.2) is 48.2 Å². The van der Waals surface area contributed by atoms with Crippen molar-refractivity contribution in [3.8, 4) is 11.1 Å². The molecule has 4 aliphatic rings. The third-order valence-electron chi connectivity index (χ3n) is 7.42. The molecule has 170 valence electrons. The summed E-state index contributed by atoms with van der Waals surface area (Å²) in [5.41, 5.74) is 5.66. The smallest absolute Gasteiger partial charge is 0.411 e. The molecule has 3 saturated heterocycles. The van der Waals surface area contributed by atoms with Gasteiger partial charge in [0.05, 0.1) is 30.7 Å². The van der Waals surface area contributed by atoms with Crippen molar-refractivity contribution < 1.29 is 23.9 Å². The Morgan fingerprint density at radius 1 is 0.970 bits per heavy atom. The molecule has 4 unspecified atom stereocenters. The highest BCUT2D eigenvalue weighted by atomic mass is 16.5. The van der Waals surface area contributed by atoms with Crippen LogP contribution >= 0.6 is 0 Å². The van der Waals surface area contributed by atoms with Gasteiger partial charge in [0.25, 0.3) is 0 Å². The van der Waals surface area contributed by atoms with Crippen LogP contribution in [0.2, 0.25) is 0 Å². The van der Waals surface area contributed by atoms with Crippen molar-refractivity contribution in [1.29, 1.82) is 0 Å². The lowest BCUT2D eigenvalue weighted by Crippen LogP contribution is -2.35. The molecule has 33 heavy (non-hydrogen) atoms. The molecule has 0 radical (unpaired) electrons. The number of amides is 3. The average Bonchev–Trinajstić information content (AvgIpc) is 3.56. The van der Waals surface area contributed by atoms with Gasteiger partial charge in [0.2, 0.25) is 11.8 Å². The lowest BCUT2D eigenvalue weighted by molar-refractivity contribution is -0.142. The van der Waals surface area contributed by atoms with E-state index in [1.165, 1.54) is 27.2 Å². The normalized spacial score (nSPS) is 26.4. The second kappa shape index (κ2) is 7.99. The fourth-order valence-corrected chi connectivity index (χ4v) is 5.91. The van der Waals surface area contributed by atoms with Crippen molar-refractivity contribution >= 4 is 23.6 Å². The first-order valence-corrected chi connectivity index (χ1v) is 11.8. The van der Waals surface area contributed by atoms with Crippen LogP contribution in [0.1, 0.15) is 36.8 Å². The number of rotatable bonds is 6. The van der Waals surface area contributed by atoms with Gasteiger partial charge in [-0.3, -0.25) is 19.8 Å². The van der Waals surface area contributed by atoms with E-state index in [0.717, 1.165) is 19.3 Å². The quantitative estimate of drug-likeness (QED) is 0.461. The van der Waals surface area contributed by atoms with E-state index in [4.69, 9.17) is 9.47 Å². The van der Waals surface area contributed by atoms with Gasteiger partial charge in [-0.05, 0) is 66.5 Å². The van der Waals surface area contributed by atoms with E-state index in [1.807, 2.05) is 30.3 Å². The van der Waals surface area contributed by atoms with Crippen LogP contribution in [0.3, 0.4) is 0 Å². The van der Waals surface area contributed by atoms with Crippen LogP contribution in [0, 0.1) is 11.8 Å². The minimum absolute atomic E-state index is 0.0816. The number of hydrogen-bond acceptors (Lipinski definition) is 5. The molecule has 1 N–H and O–H groups in total. The standard InChI is InChI=1S/C26H26N2O5/c29-24-22-20-9-10-21(33-20)23(22)25(30)28(24)11-3-4-12-32-26(31)27-17-7-8-19-16(14-17)13-15-5-1-2-6-18(15)19/h1-2,5-8,14,20-23H,3-4,9-13H2,(H,27,31). The van der Waals surface area contributed by atoms with Crippen LogP contribution in [0.15, 0.2) is 42.5 Å². The van der Waals surface area contributed by atoms with Gasteiger partial charge < -0.3 is 9.47 Å². The maximum atomic E-state index is 12.6. The fraction of sp³-hybridized carbons (Fsp3) is 0.423. The number of likely N-dealkylation sites (tertiary alicyclic amines) is 1. The van der Waals surface area contributed by atoms with Crippen molar-refractivity contribution in [2.24, 2.45) is 11.8 Å². The lowest BCUT2D eigenvalue weighted by Gasteiger charge is -2.17. The molecule has 0 saturated carbocycles. The summed E-state index contributed by atoms with van der Waals surface area (Å²) in [6.07, 6.45) is 3.14. The molecule has 7 heteroatoms. The highest BCUT2D eigenvalue weighted by Crippen LogP contribution is 2.48. The summed E-state index contributed by atoms with van der Waals surface area (Å²) in [4.78, 5) is 38.9. The summed E-state index contributed by atoms with van der Waals surface area (Å²) < 4.78 is 11.1. The summed E-state index contributed by atoms with van der Waals surface area (Å²) in [6, 6.07) is 14.3. The Balaban J connectivity index is 0.956. The third-order valence-corrected chi connectivity index (χ3v) is 7.42. The zero-order chi connectivity index (χ0) is 22.5. The molecule has 2 aromatic rings. The van der Waals surface area contributed by atoms with Gasteiger partial charge in [0, 0.05) is 12.2 Å². The van der Waals surface area contributed by atoms with Crippen LogP contribution in [0.4, 0.5) is 10.5 Å². The first-order chi connectivity index (χ1) is 16.1. The van der Waals surface area contributed by atoms with E-state index in [1.54, 1.807) is 0 Å². The Kier molecular flexibility index (Phi) is 4.94. The summed E-state index contributed by atoms with van der Waals surface area (Å²) in [7, 11) is 0. The predicted octanol–water partition coefficient (Wildman–Crippen LogP) is 3.75. The topological polar surface area (TPSA) is 84.9 Å². The number of carbonyl (C=O) groups is 3. The number of ether oxygens (including phenoxy) is 2. The van der Waals surface area contributed by atoms with Crippen molar-refractivity contribution in [2.75, 3.05) is 18.5 Å². The number of benzene rings is 2. The molecule has 3 heterocycles. The second-order valence-electron chi connectivity index (χ2n) is 9.34. The Labute approximate surface area is 192 Å². The van der Waals surface area contributed by atoms with Crippen molar-refractivity contribution in [3.05, 3.63) is 53.6 Å². The number of hydrogen-bond donors (Lipinski definition) is 1. The Bertz CT molecular complexity index is 1120. The minimum Gasteiger partial charge on any atom is -0.449 e. The van der Waals surface area contributed by atoms with E-state index < -0.39 is 6.09 Å². The molecule has 6 rings (SSSR count). The molecule has 7 nitrogen and oxygen atoms in total. The molecular formula is C26H26N2O5. The Morgan fingerprint density at radius 2 is 1.70 bits per heavy atom. The summed E-state index contributed by atoms with van der Waals surface area (Å²) in [5, 5.41) is 2.79. The zero-order valence-electron chi connectivity index (χ0n) is 18.3. The van der Waals surface area contributed by atoms with Crippen LogP contribution < -0.4 is 5.32 Å². The van der Waals surface area contributed by atoms with Crippen LogP contribution in [0.5, 0.6) is 0 Å². The predicted molar refractivity (Wildman–Crippen MR) is 120 cm³/mol. The number of carbonyl (C=O) groups excluding carboxylic acids is 3. The minimum atomic E-state index is -0.498. The van der Waals surface area contributed by atoms with E-state index >= 15 is 0 Å². The number of nitrogens with one attached hydrogen (secondary N) is 1. The fourth-order valence-electron chi connectivity index (χ4n) is 5.91. The van der Waals surface area contributed by atoms with Gasteiger partial charge in [-0.15, -0.1) is 0 Å². The SMILES string of the molecule is O=C(Nc1ccc2c(c1)Cc1ccccc1-2)OCCCCN1C(=O)C2C3CCC(O3)C2C1=O. The van der Waals surface area contributed by atoms with Crippen molar-refractivity contribution in [3.63, 3.8) is 0 Å². The van der Waals surface area contributed by atoms with E-state index in [9.17, 15) is 14.4 Å². The molecule has 0 aromatic heterocycles. The lowest BCUT2D eigenvalue weighted by atomic mass is 9.81. The molecule has 2 bridgehead atoms. The van der Waals surface area contributed by atoms with Gasteiger partial charge in [-0.2, -0.15) is 0 Å². The number of anilines is 1. The van der Waals surface area contributed by atoms with Gasteiger partial charge in [0.15, 0.2) is 0 Å². The Morgan fingerprint density at radius 3 is 2.48 bits per heavy atom. The number of fused-ring (bicyclic) bond motifs is 8. The number of imide groups is 1. The third kappa shape index (κ3) is 3.42. The summed E-state index contributed by atoms with van der Waals surface area (Å²) in [6.45, 7) is 0.611. The maximum absolute atomic E-state index is 12.6. The molecular weight excluding hydrogens is 420 g/mol. The largest absolute Gasteiger partial charge is 0.449 e. The van der Waals surface area contributed by atoms with Gasteiger partial charge in [0.1, 0.15) is 0 Å². The molecule has 0 spiro atoms. The molecule has 3 aliphatic heterocycles. The first-order valence-electron chi connectivity index (χ1n) is 11.8. The van der Waals surface area contributed by atoms with Crippen molar-refractivity contribution in [2.45, 2.75) is 44.3 Å². The molecule has 1 aliphatic carbocycles. The highest BCUT2D eigenvalue weighted by Gasteiger charge is 2.62. The molecule has 4 atom stereocenters. The zero-order valence-corrected chi connectivity index (χ0v) is 18.3. The first kappa shape index (κ1) is 20.4. The molecule has 3 fully saturated rings.